The minimum absolute atomic E-state index is 0.574. The summed E-state index contributed by atoms with van der Waals surface area (Å²) in [5.74, 6) is 0.977. The summed E-state index contributed by atoms with van der Waals surface area (Å²) in [5, 5.41) is 0. The first kappa shape index (κ1) is 8.83. The van der Waals surface area contributed by atoms with Gasteiger partial charge in [-0.2, -0.15) is 0 Å². The first-order valence-corrected chi connectivity index (χ1v) is 4.92. The van der Waals surface area contributed by atoms with Gasteiger partial charge in [-0.15, -0.1) is 6.58 Å². The maximum absolute atomic E-state index is 3.95. The number of hydrogen-bond donors (Lipinski definition) is 0. The van der Waals surface area contributed by atoms with Crippen molar-refractivity contribution in [1.29, 1.82) is 0 Å². The highest BCUT2D eigenvalue weighted by atomic mass is 14.5. The van der Waals surface area contributed by atoms with E-state index < -0.39 is 0 Å². The van der Waals surface area contributed by atoms with Crippen molar-refractivity contribution >= 4 is 0 Å². The lowest BCUT2D eigenvalue weighted by atomic mass is 9.96. The molecule has 0 heteroatoms. The molecule has 1 fully saturated rings. The normalized spacial score (nSPS) is 35.3. The third kappa shape index (κ3) is 1.66. The Hall–Kier alpha value is -0.260. The summed E-state index contributed by atoms with van der Waals surface area (Å²) >= 11 is 0. The summed E-state index contributed by atoms with van der Waals surface area (Å²) in [6.07, 6.45) is 9.04. The Morgan fingerprint density at radius 2 is 2.18 bits per heavy atom. The molecule has 0 N–H and O–H groups in total. The van der Waals surface area contributed by atoms with E-state index in [9.17, 15) is 0 Å². The van der Waals surface area contributed by atoms with Crippen molar-refractivity contribution in [3.05, 3.63) is 12.7 Å². The molecule has 2 unspecified atom stereocenters. The SMILES string of the molecule is C=CC1(CCC)CC1CCC. The van der Waals surface area contributed by atoms with Crippen LogP contribution in [0, 0.1) is 11.3 Å². The van der Waals surface area contributed by atoms with Gasteiger partial charge in [-0.1, -0.05) is 32.8 Å². The summed E-state index contributed by atoms with van der Waals surface area (Å²) in [7, 11) is 0. The van der Waals surface area contributed by atoms with E-state index in [1.807, 2.05) is 0 Å². The van der Waals surface area contributed by atoms with Gasteiger partial charge in [0.15, 0.2) is 0 Å². The first-order valence-electron chi connectivity index (χ1n) is 4.92. The molecule has 0 aromatic carbocycles. The predicted octanol–water partition coefficient (Wildman–Crippen LogP) is 3.78. The highest BCUT2D eigenvalue weighted by molar-refractivity contribution is 5.11. The van der Waals surface area contributed by atoms with Gasteiger partial charge in [0.2, 0.25) is 0 Å². The van der Waals surface area contributed by atoms with Crippen LogP contribution in [0.1, 0.15) is 46.0 Å². The second kappa shape index (κ2) is 3.42. The summed E-state index contributed by atoms with van der Waals surface area (Å²) < 4.78 is 0. The Labute approximate surface area is 70.7 Å². The van der Waals surface area contributed by atoms with Crippen molar-refractivity contribution in [1.82, 2.24) is 0 Å². The van der Waals surface area contributed by atoms with Crippen LogP contribution in [0.5, 0.6) is 0 Å². The second-order valence-corrected chi connectivity index (χ2v) is 3.88. The van der Waals surface area contributed by atoms with Crippen LogP contribution in [0.2, 0.25) is 0 Å². The van der Waals surface area contributed by atoms with E-state index in [2.05, 4.69) is 26.5 Å². The monoisotopic (exact) mass is 152 g/mol. The van der Waals surface area contributed by atoms with E-state index in [0.29, 0.717) is 5.41 Å². The number of allylic oxidation sites excluding steroid dienone is 1. The zero-order valence-electron chi connectivity index (χ0n) is 7.90. The Morgan fingerprint density at radius 1 is 1.45 bits per heavy atom. The van der Waals surface area contributed by atoms with Crippen molar-refractivity contribution in [3.63, 3.8) is 0 Å². The maximum Gasteiger partial charge on any atom is -0.00895 e. The summed E-state index contributed by atoms with van der Waals surface area (Å²) in [6.45, 7) is 8.49. The number of hydrogen-bond acceptors (Lipinski definition) is 0. The fourth-order valence-electron chi connectivity index (χ4n) is 2.26. The minimum atomic E-state index is 0.574. The molecule has 0 spiro atoms. The summed E-state index contributed by atoms with van der Waals surface area (Å²) in [5.41, 5.74) is 0.574. The molecule has 1 aliphatic rings. The van der Waals surface area contributed by atoms with E-state index in [4.69, 9.17) is 0 Å². The zero-order valence-corrected chi connectivity index (χ0v) is 7.90. The Kier molecular flexibility index (Phi) is 2.75. The van der Waals surface area contributed by atoms with Crippen LogP contribution in [-0.2, 0) is 0 Å². The van der Waals surface area contributed by atoms with E-state index in [0.717, 1.165) is 5.92 Å². The molecular weight excluding hydrogens is 132 g/mol. The average Bonchev–Trinajstić information content (AvgIpc) is 2.66. The quantitative estimate of drug-likeness (QED) is 0.526. The van der Waals surface area contributed by atoms with E-state index in [1.54, 1.807) is 0 Å². The van der Waals surface area contributed by atoms with Crippen molar-refractivity contribution in [3.8, 4) is 0 Å². The van der Waals surface area contributed by atoms with Crippen molar-refractivity contribution in [2.24, 2.45) is 11.3 Å². The van der Waals surface area contributed by atoms with Gasteiger partial charge in [-0.05, 0) is 30.6 Å². The fraction of sp³-hybridized carbons (Fsp3) is 0.818. The van der Waals surface area contributed by atoms with Crippen molar-refractivity contribution < 1.29 is 0 Å². The van der Waals surface area contributed by atoms with Crippen LogP contribution >= 0.6 is 0 Å². The van der Waals surface area contributed by atoms with Crippen LogP contribution in [0.4, 0.5) is 0 Å². The Balaban J connectivity index is 2.36. The third-order valence-electron chi connectivity index (χ3n) is 3.04. The highest BCUT2D eigenvalue weighted by Gasteiger charge is 2.49. The molecule has 0 heterocycles. The molecule has 0 nitrogen and oxygen atoms in total. The molecule has 2 atom stereocenters. The lowest BCUT2D eigenvalue weighted by molar-refractivity contribution is 0.491. The largest absolute Gasteiger partial charge is 0.103 e. The zero-order chi connectivity index (χ0) is 8.32. The van der Waals surface area contributed by atoms with Crippen LogP contribution in [0.25, 0.3) is 0 Å². The maximum atomic E-state index is 3.95. The molecule has 0 amide bonds. The Bertz CT molecular complexity index is 137. The van der Waals surface area contributed by atoms with Crippen molar-refractivity contribution in [2.45, 2.75) is 46.0 Å². The van der Waals surface area contributed by atoms with Gasteiger partial charge in [0, 0.05) is 0 Å². The second-order valence-electron chi connectivity index (χ2n) is 3.88. The molecule has 0 bridgehead atoms. The van der Waals surface area contributed by atoms with Gasteiger partial charge in [-0.25, -0.2) is 0 Å². The van der Waals surface area contributed by atoms with Gasteiger partial charge in [0.25, 0.3) is 0 Å². The molecule has 0 aliphatic heterocycles. The van der Waals surface area contributed by atoms with Gasteiger partial charge in [0.05, 0.1) is 0 Å². The lowest BCUT2D eigenvalue weighted by Gasteiger charge is -2.09. The molecule has 1 aliphatic carbocycles. The third-order valence-corrected chi connectivity index (χ3v) is 3.04. The lowest BCUT2D eigenvalue weighted by Crippen LogP contribution is -1.98. The molecule has 1 saturated carbocycles. The fourth-order valence-corrected chi connectivity index (χ4v) is 2.26. The molecular formula is C11H20. The molecule has 0 aromatic heterocycles. The number of rotatable bonds is 5. The van der Waals surface area contributed by atoms with Crippen LogP contribution in [-0.4, -0.2) is 0 Å². The van der Waals surface area contributed by atoms with Gasteiger partial charge in [-0.3, -0.25) is 0 Å². The van der Waals surface area contributed by atoms with Crippen LogP contribution in [0.15, 0.2) is 12.7 Å². The Morgan fingerprint density at radius 3 is 2.64 bits per heavy atom. The first-order chi connectivity index (χ1) is 5.29. The van der Waals surface area contributed by atoms with E-state index >= 15 is 0 Å². The van der Waals surface area contributed by atoms with Gasteiger partial charge >= 0.3 is 0 Å². The topological polar surface area (TPSA) is 0 Å². The van der Waals surface area contributed by atoms with Crippen LogP contribution < -0.4 is 0 Å². The molecule has 0 saturated heterocycles. The molecule has 0 radical (unpaired) electrons. The van der Waals surface area contributed by atoms with Gasteiger partial charge < -0.3 is 0 Å². The molecule has 0 aromatic rings. The molecule has 64 valence electrons. The highest BCUT2D eigenvalue weighted by Crippen LogP contribution is 2.58. The smallest absolute Gasteiger partial charge is 0.00895 e. The van der Waals surface area contributed by atoms with Gasteiger partial charge in [0.1, 0.15) is 0 Å². The molecule has 11 heavy (non-hydrogen) atoms. The standard InChI is InChI=1S/C11H20/c1-4-7-10-9-11(10,6-3)8-5-2/h6,10H,3-5,7-9H2,1-2H3. The molecule has 1 rings (SSSR count). The van der Waals surface area contributed by atoms with E-state index in [-0.39, 0.29) is 0 Å². The predicted molar refractivity (Wildman–Crippen MR) is 50.6 cm³/mol. The summed E-state index contributed by atoms with van der Waals surface area (Å²) in [6, 6.07) is 0. The van der Waals surface area contributed by atoms with E-state index in [1.165, 1.54) is 32.1 Å². The van der Waals surface area contributed by atoms with Crippen LogP contribution in [0.3, 0.4) is 0 Å². The average molecular weight is 152 g/mol. The minimum Gasteiger partial charge on any atom is -0.103 e. The summed E-state index contributed by atoms with van der Waals surface area (Å²) in [4.78, 5) is 0. The van der Waals surface area contributed by atoms with Crippen molar-refractivity contribution in [2.75, 3.05) is 0 Å².